The zero-order valence-corrected chi connectivity index (χ0v) is 8.38. The van der Waals surface area contributed by atoms with Crippen molar-refractivity contribution in [1.82, 2.24) is 10.3 Å². The number of carbonyl (C=O) groups excluding carboxylic acids is 1. The topological polar surface area (TPSA) is 68.0 Å². The molecule has 1 aromatic rings. The molecule has 74 valence electrons. The number of nitrogens with zero attached hydrogens (tertiary/aromatic N) is 1. The van der Waals surface area contributed by atoms with Crippen molar-refractivity contribution >= 4 is 17.2 Å². The molecule has 1 unspecified atom stereocenters. The van der Waals surface area contributed by atoms with Crippen molar-refractivity contribution in [1.29, 1.82) is 0 Å². The van der Waals surface area contributed by atoms with Gasteiger partial charge in [-0.05, 0) is 0 Å². The molecule has 0 aliphatic carbocycles. The van der Waals surface area contributed by atoms with Crippen LogP contribution >= 0.6 is 11.3 Å². The van der Waals surface area contributed by atoms with Crippen LogP contribution < -0.4 is 11.1 Å². The number of carbonyl (C=O) groups is 1. The van der Waals surface area contributed by atoms with Gasteiger partial charge in [0.2, 0.25) is 5.91 Å². The van der Waals surface area contributed by atoms with Crippen LogP contribution in [-0.4, -0.2) is 16.9 Å². The summed E-state index contributed by atoms with van der Waals surface area (Å²) in [5, 5.41) is 4.52. The summed E-state index contributed by atoms with van der Waals surface area (Å²) in [5.41, 5.74) is 8.04. The number of nitrogens with two attached hydrogens (primary N) is 1. The monoisotopic (exact) mass is 209 g/mol. The predicted molar refractivity (Wildman–Crippen MR) is 55.4 cm³/mol. The highest BCUT2D eigenvalue weighted by Gasteiger charge is 2.11. The molecule has 1 amide bonds. The zero-order valence-electron chi connectivity index (χ0n) is 7.56. The molecule has 0 saturated carbocycles. The molecule has 1 heterocycles. The quantitative estimate of drug-likeness (QED) is 0.692. The van der Waals surface area contributed by atoms with Crippen molar-refractivity contribution in [2.24, 2.45) is 5.73 Å². The van der Waals surface area contributed by atoms with Gasteiger partial charge in [0.05, 0.1) is 23.8 Å². The van der Waals surface area contributed by atoms with E-state index in [2.05, 4.69) is 16.2 Å². The van der Waals surface area contributed by atoms with Crippen molar-refractivity contribution in [2.45, 2.75) is 19.0 Å². The lowest BCUT2D eigenvalue weighted by molar-refractivity contribution is -0.122. The second-order valence-electron chi connectivity index (χ2n) is 2.71. The van der Waals surface area contributed by atoms with Crippen LogP contribution in [0.1, 0.15) is 12.1 Å². The van der Waals surface area contributed by atoms with Crippen LogP contribution in [0.5, 0.6) is 0 Å². The van der Waals surface area contributed by atoms with Gasteiger partial charge < -0.3 is 11.1 Å². The summed E-state index contributed by atoms with van der Waals surface area (Å²) in [7, 11) is 0. The van der Waals surface area contributed by atoms with Gasteiger partial charge in [0.25, 0.3) is 0 Å². The first-order valence-electron chi connectivity index (χ1n) is 4.08. The molecule has 0 fully saturated rings. The van der Waals surface area contributed by atoms with Crippen LogP contribution in [0, 0.1) is 12.3 Å². The molecule has 4 nitrogen and oxygen atoms in total. The SMILES string of the molecule is C#CCC(N)C(=O)NCc1cscn1. The van der Waals surface area contributed by atoms with Crippen LogP contribution in [0.2, 0.25) is 0 Å². The minimum absolute atomic E-state index is 0.240. The zero-order chi connectivity index (χ0) is 10.4. The number of thiazole rings is 1. The average molecular weight is 209 g/mol. The van der Waals surface area contributed by atoms with E-state index < -0.39 is 6.04 Å². The van der Waals surface area contributed by atoms with Gasteiger partial charge in [-0.3, -0.25) is 4.79 Å². The number of aromatic nitrogens is 1. The molecule has 1 aromatic heterocycles. The minimum atomic E-state index is -0.626. The Morgan fingerprint density at radius 3 is 3.21 bits per heavy atom. The van der Waals surface area contributed by atoms with E-state index in [1.165, 1.54) is 11.3 Å². The fraction of sp³-hybridized carbons (Fsp3) is 0.333. The summed E-state index contributed by atoms with van der Waals surface area (Å²) in [6.07, 6.45) is 5.29. The maximum Gasteiger partial charge on any atom is 0.238 e. The molecule has 0 aliphatic heterocycles. The van der Waals surface area contributed by atoms with E-state index in [0.29, 0.717) is 6.54 Å². The molecule has 1 atom stereocenters. The van der Waals surface area contributed by atoms with Crippen molar-refractivity contribution in [3.05, 3.63) is 16.6 Å². The van der Waals surface area contributed by atoms with Crippen LogP contribution in [0.15, 0.2) is 10.9 Å². The summed E-state index contributed by atoms with van der Waals surface area (Å²) in [6.45, 7) is 0.403. The van der Waals surface area contributed by atoms with Gasteiger partial charge in [-0.1, -0.05) is 0 Å². The van der Waals surface area contributed by atoms with E-state index in [1.807, 2.05) is 5.38 Å². The second-order valence-corrected chi connectivity index (χ2v) is 3.43. The van der Waals surface area contributed by atoms with Crippen molar-refractivity contribution in [3.8, 4) is 12.3 Å². The summed E-state index contributed by atoms with van der Waals surface area (Å²) in [6, 6.07) is -0.626. The number of amides is 1. The molecule has 0 spiro atoms. The third kappa shape index (κ3) is 3.17. The molecule has 0 aliphatic rings. The first-order valence-corrected chi connectivity index (χ1v) is 5.02. The molecular formula is C9H11N3OS. The number of hydrogen-bond acceptors (Lipinski definition) is 4. The molecule has 5 heteroatoms. The van der Waals surface area contributed by atoms with Gasteiger partial charge in [-0.15, -0.1) is 23.7 Å². The third-order valence-corrected chi connectivity index (χ3v) is 2.24. The minimum Gasteiger partial charge on any atom is -0.349 e. The Kier molecular flexibility index (Phi) is 4.11. The lowest BCUT2D eigenvalue weighted by Crippen LogP contribution is -2.39. The smallest absolute Gasteiger partial charge is 0.238 e. The van der Waals surface area contributed by atoms with E-state index >= 15 is 0 Å². The highest BCUT2D eigenvalue weighted by Crippen LogP contribution is 1.99. The Hall–Kier alpha value is -1.38. The van der Waals surface area contributed by atoms with Crippen LogP contribution in [0.3, 0.4) is 0 Å². The van der Waals surface area contributed by atoms with Crippen LogP contribution in [0.25, 0.3) is 0 Å². The highest BCUT2D eigenvalue weighted by atomic mass is 32.1. The molecular weight excluding hydrogens is 198 g/mol. The lowest BCUT2D eigenvalue weighted by Gasteiger charge is -2.07. The van der Waals surface area contributed by atoms with E-state index in [1.54, 1.807) is 5.51 Å². The molecule has 0 bridgehead atoms. The highest BCUT2D eigenvalue weighted by molar-refractivity contribution is 7.07. The summed E-state index contributed by atoms with van der Waals surface area (Å²) < 4.78 is 0. The van der Waals surface area contributed by atoms with Crippen molar-refractivity contribution in [2.75, 3.05) is 0 Å². The van der Waals surface area contributed by atoms with Gasteiger partial charge in [-0.25, -0.2) is 4.98 Å². The van der Waals surface area contributed by atoms with Crippen molar-refractivity contribution < 1.29 is 4.79 Å². The second kappa shape index (κ2) is 5.37. The van der Waals surface area contributed by atoms with Gasteiger partial charge in [0.1, 0.15) is 0 Å². The van der Waals surface area contributed by atoms with Gasteiger partial charge >= 0.3 is 0 Å². The Balaban J connectivity index is 2.32. The largest absolute Gasteiger partial charge is 0.349 e. The first-order chi connectivity index (χ1) is 6.74. The third-order valence-electron chi connectivity index (χ3n) is 1.60. The van der Waals surface area contributed by atoms with E-state index in [9.17, 15) is 4.79 Å². The molecule has 3 N–H and O–H groups in total. The molecule has 14 heavy (non-hydrogen) atoms. The maximum atomic E-state index is 11.3. The van der Waals surface area contributed by atoms with Crippen LogP contribution in [0.4, 0.5) is 0 Å². The number of hydrogen-bond donors (Lipinski definition) is 2. The number of terminal acetylenes is 1. The summed E-state index contributed by atoms with van der Waals surface area (Å²) in [5.74, 6) is 2.10. The lowest BCUT2D eigenvalue weighted by atomic mass is 10.2. The molecule has 1 rings (SSSR count). The van der Waals surface area contributed by atoms with Gasteiger partial charge in [0.15, 0.2) is 0 Å². The first kappa shape index (κ1) is 10.7. The Bertz CT molecular complexity index is 328. The summed E-state index contributed by atoms with van der Waals surface area (Å²) in [4.78, 5) is 15.3. The number of rotatable bonds is 4. The summed E-state index contributed by atoms with van der Waals surface area (Å²) >= 11 is 1.48. The number of nitrogens with one attached hydrogen (secondary N) is 1. The fourth-order valence-electron chi connectivity index (χ4n) is 0.853. The maximum absolute atomic E-state index is 11.3. The average Bonchev–Trinajstić information content (AvgIpc) is 2.67. The van der Waals surface area contributed by atoms with Gasteiger partial charge in [0, 0.05) is 11.8 Å². The Morgan fingerprint density at radius 1 is 1.86 bits per heavy atom. The van der Waals surface area contributed by atoms with Gasteiger partial charge in [-0.2, -0.15) is 0 Å². The predicted octanol–water partition coefficient (Wildman–Crippen LogP) is 0.110. The molecule has 0 radical (unpaired) electrons. The standard InChI is InChI=1S/C9H11N3OS/c1-2-3-8(10)9(13)11-4-7-5-14-6-12-7/h1,5-6,8H,3-4,10H2,(H,11,13). The normalized spacial score (nSPS) is 11.7. The van der Waals surface area contributed by atoms with E-state index in [4.69, 9.17) is 12.2 Å². The van der Waals surface area contributed by atoms with Crippen LogP contribution in [-0.2, 0) is 11.3 Å². The van der Waals surface area contributed by atoms with E-state index in [-0.39, 0.29) is 12.3 Å². The molecule has 0 aromatic carbocycles. The molecule has 0 saturated heterocycles. The van der Waals surface area contributed by atoms with E-state index in [0.717, 1.165) is 5.69 Å². The Morgan fingerprint density at radius 2 is 2.64 bits per heavy atom. The van der Waals surface area contributed by atoms with Crippen molar-refractivity contribution in [3.63, 3.8) is 0 Å². The fourth-order valence-corrected chi connectivity index (χ4v) is 1.41. The Labute approximate surface area is 86.5 Å².